The maximum Gasteiger partial charge on any atom is 0.119 e. The van der Waals surface area contributed by atoms with E-state index >= 15 is 0 Å². The first-order valence-corrected chi connectivity index (χ1v) is 7.10. The summed E-state index contributed by atoms with van der Waals surface area (Å²) in [6, 6.07) is 14.7. The highest BCUT2D eigenvalue weighted by Gasteiger charge is 2.11. The summed E-state index contributed by atoms with van der Waals surface area (Å²) >= 11 is 0. The molecular weight excluding hydrogens is 248 g/mol. The summed E-state index contributed by atoms with van der Waals surface area (Å²) < 4.78 is 5.46. The Morgan fingerprint density at radius 1 is 1.05 bits per heavy atom. The zero-order valence-electron chi connectivity index (χ0n) is 12.3. The van der Waals surface area contributed by atoms with Crippen molar-refractivity contribution < 1.29 is 4.74 Å². The SMILES string of the molecule is CCOc1ccc(C(C)N[C@H](C)c2ccccn2)cc1. The third-order valence-electron chi connectivity index (χ3n) is 3.32. The minimum Gasteiger partial charge on any atom is -0.494 e. The van der Waals surface area contributed by atoms with E-state index in [2.05, 4.69) is 36.3 Å². The molecule has 20 heavy (non-hydrogen) atoms. The van der Waals surface area contributed by atoms with Gasteiger partial charge in [0.1, 0.15) is 5.75 Å². The Kier molecular flexibility index (Phi) is 5.13. The van der Waals surface area contributed by atoms with Gasteiger partial charge in [0.15, 0.2) is 0 Å². The molecule has 2 aromatic rings. The first kappa shape index (κ1) is 14.5. The molecule has 0 aliphatic rings. The number of aromatic nitrogens is 1. The first-order valence-electron chi connectivity index (χ1n) is 7.10. The van der Waals surface area contributed by atoms with Crippen LogP contribution in [0, 0.1) is 0 Å². The molecule has 2 rings (SSSR count). The normalized spacial score (nSPS) is 13.8. The van der Waals surface area contributed by atoms with Gasteiger partial charge >= 0.3 is 0 Å². The Morgan fingerprint density at radius 3 is 2.40 bits per heavy atom. The molecule has 0 spiro atoms. The number of benzene rings is 1. The summed E-state index contributed by atoms with van der Waals surface area (Å²) in [6.07, 6.45) is 1.83. The monoisotopic (exact) mass is 270 g/mol. The Morgan fingerprint density at radius 2 is 1.80 bits per heavy atom. The lowest BCUT2D eigenvalue weighted by atomic mass is 10.1. The van der Waals surface area contributed by atoms with Crippen LogP contribution in [0.2, 0.25) is 0 Å². The second kappa shape index (κ2) is 7.06. The van der Waals surface area contributed by atoms with E-state index in [4.69, 9.17) is 4.74 Å². The number of rotatable bonds is 6. The van der Waals surface area contributed by atoms with E-state index in [-0.39, 0.29) is 12.1 Å². The summed E-state index contributed by atoms with van der Waals surface area (Å²) in [6.45, 7) is 6.99. The topological polar surface area (TPSA) is 34.1 Å². The van der Waals surface area contributed by atoms with Crippen molar-refractivity contribution >= 4 is 0 Å². The van der Waals surface area contributed by atoms with E-state index in [1.165, 1.54) is 5.56 Å². The fourth-order valence-electron chi connectivity index (χ4n) is 2.21. The molecule has 0 saturated heterocycles. The smallest absolute Gasteiger partial charge is 0.119 e. The Bertz CT molecular complexity index is 510. The molecule has 1 unspecified atom stereocenters. The second-order valence-electron chi connectivity index (χ2n) is 4.87. The lowest BCUT2D eigenvalue weighted by molar-refractivity contribution is 0.340. The summed E-state index contributed by atoms with van der Waals surface area (Å²) in [7, 11) is 0. The van der Waals surface area contributed by atoms with Crippen molar-refractivity contribution in [3.05, 3.63) is 59.9 Å². The Labute approximate surface area is 121 Å². The van der Waals surface area contributed by atoms with E-state index in [0.717, 1.165) is 11.4 Å². The van der Waals surface area contributed by atoms with Crippen LogP contribution >= 0.6 is 0 Å². The lowest BCUT2D eigenvalue weighted by Gasteiger charge is -2.20. The maximum atomic E-state index is 5.46. The molecule has 0 aliphatic heterocycles. The average molecular weight is 270 g/mol. The molecule has 0 saturated carbocycles. The second-order valence-corrected chi connectivity index (χ2v) is 4.87. The molecule has 1 aromatic heterocycles. The van der Waals surface area contributed by atoms with Crippen LogP contribution in [0.25, 0.3) is 0 Å². The van der Waals surface area contributed by atoms with Gasteiger partial charge in [0.05, 0.1) is 12.3 Å². The molecule has 106 valence electrons. The van der Waals surface area contributed by atoms with Gasteiger partial charge in [0.2, 0.25) is 0 Å². The molecule has 0 amide bonds. The largest absolute Gasteiger partial charge is 0.494 e. The predicted octanol–water partition coefficient (Wildman–Crippen LogP) is 3.89. The van der Waals surface area contributed by atoms with Gasteiger partial charge in [-0.05, 0) is 50.6 Å². The van der Waals surface area contributed by atoms with Gasteiger partial charge in [0, 0.05) is 18.3 Å². The third-order valence-corrected chi connectivity index (χ3v) is 3.32. The number of hydrogen-bond donors (Lipinski definition) is 1. The highest BCUT2D eigenvalue weighted by molar-refractivity contribution is 5.29. The van der Waals surface area contributed by atoms with E-state index in [9.17, 15) is 0 Å². The van der Waals surface area contributed by atoms with Crippen LogP contribution in [0.3, 0.4) is 0 Å². The van der Waals surface area contributed by atoms with E-state index in [1.54, 1.807) is 0 Å². The van der Waals surface area contributed by atoms with Crippen LogP contribution in [0.1, 0.15) is 44.1 Å². The third kappa shape index (κ3) is 3.81. The summed E-state index contributed by atoms with van der Waals surface area (Å²) in [5, 5.41) is 3.56. The van der Waals surface area contributed by atoms with Gasteiger partial charge in [-0.15, -0.1) is 0 Å². The minimum absolute atomic E-state index is 0.220. The molecule has 0 fully saturated rings. The lowest BCUT2D eigenvalue weighted by Crippen LogP contribution is -2.23. The van der Waals surface area contributed by atoms with Crippen LogP contribution in [0.5, 0.6) is 5.75 Å². The molecule has 1 heterocycles. The fraction of sp³-hybridized carbons (Fsp3) is 0.353. The number of hydrogen-bond acceptors (Lipinski definition) is 3. The van der Waals surface area contributed by atoms with Gasteiger partial charge in [-0.25, -0.2) is 0 Å². The van der Waals surface area contributed by atoms with E-state index in [1.807, 2.05) is 43.5 Å². The van der Waals surface area contributed by atoms with Gasteiger partial charge in [-0.1, -0.05) is 18.2 Å². The fourth-order valence-corrected chi connectivity index (χ4v) is 2.21. The molecule has 3 heteroatoms. The van der Waals surface area contributed by atoms with Gasteiger partial charge in [-0.3, -0.25) is 4.98 Å². The van der Waals surface area contributed by atoms with Crippen LogP contribution in [0.4, 0.5) is 0 Å². The summed E-state index contributed by atoms with van der Waals surface area (Å²) in [5.74, 6) is 0.918. The number of nitrogens with one attached hydrogen (secondary N) is 1. The Balaban J connectivity index is 1.99. The number of ether oxygens (including phenoxy) is 1. The van der Waals surface area contributed by atoms with Crippen molar-refractivity contribution in [2.45, 2.75) is 32.9 Å². The van der Waals surface area contributed by atoms with Crippen LogP contribution < -0.4 is 10.1 Å². The molecule has 0 radical (unpaired) electrons. The minimum atomic E-state index is 0.220. The summed E-state index contributed by atoms with van der Waals surface area (Å²) in [4.78, 5) is 4.38. The zero-order valence-corrected chi connectivity index (χ0v) is 12.3. The molecule has 1 aromatic carbocycles. The van der Waals surface area contributed by atoms with Crippen molar-refractivity contribution in [1.82, 2.24) is 10.3 Å². The molecule has 0 bridgehead atoms. The van der Waals surface area contributed by atoms with Gasteiger partial charge in [-0.2, -0.15) is 0 Å². The number of pyridine rings is 1. The molecule has 0 aliphatic carbocycles. The van der Waals surface area contributed by atoms with Crippen molar-refractivity contribution in [1.29, 1.82) is 0 Å². The predicted molar refractivity (Wildman–Crippen MR) is 81.8 cm³/mol. The molecule has 2 atom stereocenters. The van der Waals surface area contributed by atoms with E-state index < -0.39 is 0 Å². The van der Waals surface area contributed by atoms with E-state index in [0.29, 0.717) is 6.61 Å². The van der Waals surface area contributed by atoms with Crippen molar-refractivity contribution in [3.63, 3.8) is 0 Å². The quantitative estimate of drug-likeness (QED) is 0.864. The van der Waals surface area contributed by atoms with Crippen molar-refractivity contribution in [2.75, 3.05) is 6.61 Å². The van der Waals surface area contributed by atoms with Crippen LogP contribution in [-0.4, -0.2) is 11.6 Å². The first-order chi connectivity index (χ1) is 9.70. The Hall–Kier alpha value is -1.87. The van der Waals surface area contributed by atoms with Crippen molar-refractivity contribution in [2.24, 2.45) is 0 Å². The van der Waals surface area contributed by atoms with Crippen molar-refractivity contribution in [3.8, 4) is 5.75 Å². The molecule has 1 N–H and O–H groups in total. The average Bonchev–Trinajstić information content (AvgIpc) is 2.49. The highest BCUT2D eigenvalue weighted by atomic mass is 16.5. The maximum absolute atomic E-state index is 5.46. The van der Waals surface area contributed by atoms with Gasteiger partial charge < -0.3 is 10.1 Å². The standard InChI is InChI=1S/C17H22N2O/c1-4-20-16-10-8-15(9-11-16)13(2)19-14(3)17-7-5-6-12-18-17/h5-14,19H,4H2,1-3H3/t13?,14-/m1/s1. The van der Waals surface area contributed by atoms with Gasteiger partial charge in [0.25, 0.3) is 0 Å². The zero-order chi connectivity index (χ0) is 14.4. The van der Waals surface area contributed by atoms with Crippen LogP contribution in [-0.2, 0) is 0 Å². The molecular formula is C17H22N2O. The molecule has 3 nitrogen and oxygen atoms in total. The van der Waals surface area contributed by atoms with Crippen LogP contribution in [0.15, 0.2) is 48.7 Å². The highest BCUT2D eigenvalue weighted by Crippen LogP contribution is 2.20. The summed E-state index contributed by atoms with van der Waals surface area (Å²) in [5.41, 5.74) is 2.31. The number of nitrogens with zero attached hydrogens (tertiary/aromatic N) is 1.